The zero-order valence-electron chi connectivity index (χ0n) is 13.6. The summed E-state index contributed by atoms with van der Waals surface area (Å²) in [5.41, 5.74) is 1.49. The first-order chi connectivity index (χ1) is 11.9. The van der Waals surface area contributed by atoms with Crippen molar-refractivity contribution in [1.82, 2.24) is 0 Å². The molecule has 25 heavy (non-hydrogen) atoms. The summed E-state index contributed by atoms with van der Waals surface area (Å²) in [5, 5.41) is 9.97. The van der Waals surface area contributed by atoms with E-state index in [1.807, 2.05) is 6.92 Å². The molecule has 1 N–H and O–H groups in total. The molecule has 1 heterocycles. The second kappa shape index (κ2) is 6.61. The molecule has 0 aliphatic carbocycles. The largest absolute Gasteiger partial charge is 0.479 e. The number of halogens is 1. The lowest BCUT2D eigenvalue weighted by Crippen LogP contribution is -2.26. The molecule has 0 radical (unpaired) electrons. The van der Waals surface area contributed by atoms with Gasteiger partial charge in [0.1, 0.15) is 5.58 Å². The van der Waals surface area contributed by atoms with E-state index in [-0.39, 0.29) is 11.5 Å². The molecule has 0 saturated heterocycles. The number of carboxylic acid groups (broad SMARTS) is 1. The lowest BCUT2D eigenvalue weighted by atomic mass is 10.1. The van der Waals surface area contributed by atoms with E-state index in [1.165, 1.54) is 6.92 Å². The number of ether oxygens (including phenoxy) is 1. The number of benzene rings is 2. The molecule has 3 aromatic rings. The number of aliphatic carboxylic acids is 1. The topological polar surface area (TPSA) is 76.7 Å². The van der Waals surface area contributed by atoms with Gasteiger partial charge in [0.25, 0.3) is 0 Å². The Labute approximate surface area is 148 Å². The molecule has 1 atom stereocenters. The molecule has 0 unspecified atom stereocenters. The maximum Gasteiger partial charge on any atom is 0.344 e. The zero-order valence-corrected chi connectivity index (χ0v) is 14.3. The fraction of sp³-hybridized carbons (Fsp3) is 0.158. The Morgan fingerprint density at radius 1 is 1.20 bits per heavy atom. The van der Waals surface area contributed by atoms with Crippen LogP contribution in [0.3, 0.4) is 0 Å². The van der Waals surface area contributed by atoms with Gasteiger partial charge in [0.2, 0.25) is 11.2 Å². The van der Waals surface area contributed by atoms with Crippen LogP contribution in [0.1, 0.15) is 12.5 Å². The summed E-state index contributed by atoms with van der Waals surface area (Å²) in [6.45, 7) is 3.24. The second-order valence-corrected chi connectivity index (χ2v) is 6.13. The minimum Gasteiger partial charge on any atom is -0.479 e. The van der Waals surface area contributed by atoms with Gasteiger partial charge in [-0.15, -0.1) is 0 Å². The monoisotopic (exact) mass is 358 g/mol. The van der Waals surface area contributed by atoms with Crippen LogP contribution >= 0.6 is 11.6 Å². The van der Waals surface area contributed by atoms with Crippen LogP contribution in [0.25, 0.3) is 22.3 Å². The average molecular weight is 359 g/mol. The van der Waals surface area contributed by atoms with Crippen molar-refractivity contribution in [2.75, 3.05) is 0 Å². The Morgan fingerprint density at radius 3 is 2.52 bits per heavy atom. The first-order valence-corrected chi connectivity index (χ1v) is 7.97. The van der Waals surface area contributed by atoms with Gasteiger partial charge in [0.05, 0.1) is 5.39 Å². The van der Waals surface area contributed by atoms with Gasteiger partial charge >= 0.3 is 5.97 Å². The molecule has 1 aromatic heterocycles. The maximum absolute atomic E-state index is 12.9. The third kappa shape index (κ3) is 3.37. The second-order valence-electron chi connectivity index (χ2n) is 5.69. The van der Waals surface area contributed by atoms with E-state index in [1.54, 1.807) is 42.5 Å². The molecule has 0 bridgehead atoms. The molecule has 5 nitrogen and oxygen atoms in total. The predicted molar refractivity (Wildman–Crippen MR) is 95.4 cm³/mol. The summed E-state index contributed by atoms with van der Waals surface area (Å²) >= 11 is 5.91. The quantitative estimate of drug-likeness (QED) is 0.753. The Kier molecular flexibility index (Phi) is 4.51. The van der Waals surface area contributed by atoms with Crippen LogP contribution in [0, 0.1) is 6.92 Å². The number of fused-ring (bicyclic) bond motifs is 1. The fourth-order valence-electron chi connectivity index (χ4n) is 2.41. The van der Waals surface area contributed by atoms with Crippen LogP contribution in [-0.2, 0) is 4.79 Å². The minimum atomic E-state index is -1.20. The van der Waals surface area contributed by atoms with E-state index >= 15 is 0 Å². The van der Waals surface area contributed by atoms with Crippen molar-refractivity contribution in [3.05, 3.63) is 63.3 Å². The highest BCUT2D eigenvalue weighted by Crippen LogP contribution is 2.32. The van der Waals surface area contributed by atoms with E-state index < -0.39 is 17.5 Å². The molecule has 0 saturated carbocycles. The van der Waals surface area contributed by atoms with Crippen molar-refractivity contribution in [2.24, 2.45) is 0 Å². The molecule has 128 valence electrons. The molecule has 0 fully saturated rings. The number of carbonyl (C=O) groups is 1. The molecular formula is C19H15ClO5. The van der Waals surface area contributed by atoms with Gasteiger partial charge in [-0.25, -0.2) is 4.79 Å². The highest BCUT2D eigenvalue weighted by Gasteiger charge is 2.22. The molecule has 2 aromatic carbocycles. The van der Waals surface area contributed by atoms with Gasteiger partial charge in [0.15, 0.2) is 11.9 Å². The van der Waals surface area contributed by atoms with Crippen molar-refractivity contribution in [1.29, 1.82) is 0 Å². The van der Waals surface area contributed by atoms with Crippen LogP contribution in [0.15, 0.2) is 51.7 Å². The molecule has 0 amide bonds. The van der Waals surface area contributed by atoms with E-state index in [0.29, 0.717) is 21.6 Å². The van der Waals surface area contributed by atoms with Gasteiger partial charge < -0.3 is 14.3 Å². The highest BCUT2D eigenvalue weighted by molar-refractivity contribution is 6.30. The number of aryl methyl sites for hydroxylation is 1. The average Bonchev–Trinajstić information content (AvgIpc) is 2.57. The summed E-state index contributed by atoms with van der Waals surface area (Å²) in [5.74, 6) is -1.13. The zero-order chi connectivity index (χ0) is 18.1. The molecule has 6 heteroatoms. The van der Waals surface area contributed by atoms with Crippen molar-refractivity contribution >= 4 is 28.5 Å². The van der Waals surface area contributed by atoms with E-state index in [2.05, 4.69) is 0 Å². The van der Waals surface area contributed by atoms with E-state index in [0.717, 1.165) is 5.56 Å². The number of hydrogen-bond acceptors (Lipinski definition) is 4. The molecule has 0 aliphatic heterocycles. The predicted octanol–water partition coefficient (Wildman–Crippen LogP) is 4.27. The number of hydrogen-bond donors (Lipinski definition) is 1. The van der Waals surface area contributed by atoms with E-state index in [4.69, 9.17) is 25.9 Å². The SMILES string of the molecule is Cc1ccc2c(=O)c(O[C@@H](C)C(=O)O)c(-c3ccc(Cl)cc3)oc2c1. The van der Waals surface area contributed by atoms with Crippen molar-refractivity contribution in [3.8, 4) is 17.1 Å². The Bertz CT molecular complexity index is 1000. The Hall–Kier alpha value is -2.79. The molecule has 0 spiro atoms. The lowest BCUT2D eigenvalue weighted by Gasteiger charge is -2.14. The van der Waals surface area contributed by atoms with Crippen LogP contribution in [0.5, 0.6) is 5.75 Å². The first kappa shape index (κ1) is 17.0. The number of carboxylic acids is 1. The van der Waals surface area contributed by atoms with Crippen LogP contribution < -0.4 is 10.2 Å². The summed E-state index contributed by atoms with van der Waals surface area (Å²) in [7, 11) is 0. The molecule has 0 aliphatic rings. The summed E-state index contributed by atoms with van der Waals surface area (Å²) in [4.78, 5) is 24.0. The first-order valence-electron chi connectivity index (χ1n) is 7.59. The highest BCUT2D eigenvalue weighted by atomic mass is 35.5. The Morgan fingerprint density at radius 2 is 1.88 bits per heavy atom. The van der Waals surface area contributed by atoms with Crippen molar-refractivity contribution < 1.29 is 19.1 Å². The van der Waals surface area contributed by atoms with Gasteiger partial charge in [-0.3, -0.25) is 4.79 Å². The van der Waals surface area contributed by atoms with Gasteiger partial charge in [0, 0.05) is 10.6 Å². The number of rotatable bonds is 4. The van der Waals surface area contributed by atoms with Crippen molar-refractivity contribution in [3.63, 3.8) is 0 Å². The smallest absolute Gasteiger partial charge is 0.344 e. The van der Waals surface area contributed by atoms with Crippen molar-refractivity contribution in [2.45, 2.75) is 20.0 Å². The maximum atomic E-state index is 12.9. The normalized spacial score (nSPS) is 12.1. The molecule has 3 rings (SSSR count). The third-order valence-electron chi connectivity index (χ3n) is 3.76. The third-order valence-corrected chi connectivity index (χ3v) is 4.01. The summed E-state index contributed by atoms with van der Waals surface area (Å²) < 4.78 is 11.3. The fourth-order valence-corrected chi connectivity index (χ4v) is 2.53. The molecular weight excluding hydrogens is 344 g/mol. The van der Waals surface area contributed by atoms with Gasteiger partial charge in [-0.2, -0.15) is 0 Å². The van der Waals surface area contributed by atoms with Crippen LogP contribution in [-0.4, -0.2) is 17.2 Å². The van der Waals surface area contributed by atoms with Gasteiger partial charge in [-0.05, 0) is 55.8 Å². The minimum absolute atomic E-state index is 0.131. The van der Waals surface area contributed by atoms with Gasteiger partial charge in [-0.1, -0.05) is 17.7 Å². The lowest BCUT2D eigenvalue weighted by molar-refractivity contribution is -0.144. The Balaban J connectivity index is 2.29. The summed E-state index contributed by atoms with van der Waals surface area (Å²) in [6.07, 6.45) is -1.20. The van der Waals surface area contributed by atoms with E-state index in [9.17, 15) is 9.59 Å². The van der Waals surface area contributed by atoms with Crippen LogP contribution in [0.2, 0.25) is 5.02 Å². The summed E-state index contributed by atoms with van der Waals surface area (Å²) in [6, 6.07) is 11.8. The standard InChI is InChI=1S/C19H15ClO5/c1-10-3-8-14-15(9-10)25-17(12-4-6-13(20)7-5-12)18(16(14)21)24-11(2)19(22)23/h3-9,11H,1-2H3,(H,22,23)/t11-/m0/s1. The van der Waals surface area contributed by atoms with Crippen LogP contribution in [0.4, 0.5) is 0 Å².